The standard InChI is InChI=1S/C20H4F10O8S2/c21-9-11(23)15(27)19(16(28)12(9)24)39(33,34)37-7-1-5(3-31)8(2-6(7)4-32)38-40(35,36)20-17(29)13(25)10(22)14(26)18(20)30/h1-4H. The maximum Gasteiger partial charge on any atom is 0.345 e. The van der Waals surface area contributed by atoms with Gasteiger partial charge in [-0.2, -0.15) is 16.8 Å². The molecule has 20 heteroatoms. The van der Waals surface area contributed by atoms with Crippen LogP contribution >= 0.6 is 0 Å². The van der Waals surface area contributed by atoms with E-state index in [2.05, 4.69) is 8.37 Å². The van der Waals surface area contributed by atoms with Crippen molar-refractivity contribution < 1.29 is 78.7 Å². The van der Waals surface area contributed by atoms with E-state index in [1.54, 1.807) is 0 Å². The van der Waals surface area contributed by atoms with Crippen molar-refractivity contribution >= 4 is 32.8 Å². The van der Waals surface area contributed by atoms with E-state index in [9.17, 15) is 70.3 Å². The van der Waals surface area contributed by atoms with E-state index in [0.29, 0.717) is 0 Å². The summed E-state index contributed by atoms with van der Waals surface area (Å²) in [6.45, 7) is 0. The van der Waals surface area contributed by atoms with Gasteiger partial charge in [-0.3, -0.25) is 9.59 Å². The molecule has 0 saturated carbocycles. The number of hydrogen-bond donors (Lipinski definition) is 0. The van der Waals surface area contributed by atoms with Crippen LogP contribution in [0.1, 0.15) is 20.7 Å². The van der Waals surface area contributed by atoms with Crippen LogP contribution in [0.25, 0.3) is 0 Å². The molecule has 40 heavy (non-hydrogen) atoms. The minimum atomic E-state index is -6.06. The molecule has 0 heterocycles. The summed E-state index contributed by atoms with van der Waals surface area (Å²) in [5.41, 5.74) is -2.42. The van der Waals surface area contributed by atoms with Crippen molar-refractivity contribution in [2.75, 3.05) is 0 Å². The van der Waals surface area contributed by atoms with Gasteiger partial charge in [-0.1, -0.05) is 0 Å². The van der Waals surface area contributed by atoms with Crippen LogP contribution < -0.4 is 8.37 Å². The number of carbonyl (C=O) groups is 2. The molecule has 0 fully saturated rings. The first-order valence-corrected chi connectivity index (χ1v) is 12.2. The van der Waals surface area contributed by atoms with Crippen molar-refractivity contribution in [1.29, 1.82) is 0 Å². The lowest BCUT2D eigenvalue weighted by Crippen LogP contribution is -2.19. The van der Waals surface area contributed by atoms with Gasteiger partial charge < -0.3 is 8.37 Å². The SMILES string of the molecule is O=Cc1cc(OS(=O)(=O)c2c(F)c(F)c(F)c(F)c2F)c(C=O)cc1OS(=O)(=O)c1c(F)c(F)c(F)c(F)c1F. The normalized spacial score (nSPS) is 11.8. The number of carbonyl (C=O) groups excluding carboxylic acids is 2. The molecule has 0 N–H and O–H groups in total. The number of benzene rings is 3. The maximum absolute atomic E-state index is 14.0. The van der Waals surface area contributed by atoms with Gasteiger partial charge in [0.1, 0.15) is 0 Å². The molecular weight excluding hydrogens is 622 g/mol. The number of aldehydes is 2. The third-order valence-corrected chi connectivity index (χ3v) is 7.15. The molecule has 214 valence electrons. The molecule has 0 spiro atoms. The first-order chi connectivity index (χ1) is 18.4. The van der Waals surface area contributed by atoms with Gasteiger partial charge in [0.2, 0.25) is 11.6 Å². The van der Waals surface area contributed by atoms with E-state index in [0.717, 1.165) is 0 Å². The first kappa shape index (κ1) is 30.3. The van der Waals surface area contributed by atoms with Crippen LogP contribution in [-0.4, -0.2) is 29.4 Å². The summed E-state index contributed by atoms with van der Waals surface area (Å²) in [6, 6.07) is 0.174. The van der Waals surface area contributed by atoms with Gasteiger partial charge in [-0.25, -0.2) is 43.9 Å². The molecule has 0 radical (unpaired) electrons. The minimum Gasteiger partial charge on any atom is -0.378 e. The first-order valence-electron chi connectivity index (χ1n) is 9.41. The number of halogens is 10. The Balaban J connectivity index is 2.15. The molecule has 0 atom stereocenters. The highest BCUT2D eigenvalue weighted by atomic mass is 32.2. The Bertz CT molecular complexity index is 1630. The molecule has 0 unspecified atom stereocenters. The van der Waals surface area contributed by atoms with Crippen molar-refractivity contribution in [1.82, 2.24) is 0 Å². The fourth-order valence-electron chi connectivity index (χ4n) is 2.85. The fourth-order valence-corrected chi connectivity index (χ4v) is 5.01. The van der Waals surface area contributed by atoms with Gasteiger partial charge in [0, 0.05) is 0 Å². The van der Waals surface area contributed by atoms with Crippen LogP contribution in [0, 0.1) is 58.2 Å². The number of rotatable bonds is 8. The van der Waals surface area contributed by atoms with E-state index >= 15 is 0 Å². The van der Waals surface area contributed by atoms with E-state index in [4.69, 9.17) is 0 Å². The molecule has 3 rings (SSSR count). The molecule has 0 aromatic heterocycles. The van der Waals surface area contributed by atoms with E-state index in [-0.39, 0.29) is 12.1 Å². The quantitative estimate of drug-likeness (QED) is 0.120. The Labute approximate surface area is 214 Å². The van der Waals surface area contributed by atoms with E-state index in [1.165, 1.54) is 0 Å². The fraction of sp³-hybridized carbons (Fsp3) is 0. The average Bonchev–Trinajstić information content (AvgIpc) is 2.88. The number of hydrogen-bond acceptors (Lipinski definition) is 8. The Kier molecular flexibility index (Phi) is 7.90. The lowest BCUT2D eigenvalue weighted by molar-refractivity contribution is 0.111. The van der Waals surface area contributed by atoms with Gasteiger partial charge in [-0.15, -0.1) is 0 Å². The summed E-state index contributed by atoms with van der Waals surface area (Å²) in [6.07, 6.45) is -0.814. The largest absolute Gasteiger partial charge is 0.378 e. The summed E-state index contributed by atoms with van der Waals surface area (Å²) < 4.78 is 194. The van der Waals surface area contributed by atoms with Crippen LogP contribution in [-0.2, 0) is 20.2 Å². The topological polar surface area (TPSA) is 121 Å². The van der Waals surface area contributed by atoms with E-state index < -0.39 is 123 Å². The summed E-state index contributed by atoms with van der Waals surface area (Å²) in [4.78, 5) is 17.7. The Morgan fingerprint density at radius 1 is 0.450 bits per heavy atom. The zero-order valence-electron chi connectivity index (χ0n) is 18.2. The molecule has 0 saturated heterocycles. The van der Waals surface area contributed by atoms with Crippen LogP contribution in [0.2, 0.25) is 0 Å². The third kappa shape index (κ3) is 4.94. The zero-order chi connectivity index (χ0) is 30.5. The second kappa shape index (κ2) is 10.4. The molecule has 0 aliphatic carbocycles. The Morgan fingerprint density at radius 2 is 0.675 bits per heavy atom. The van der Waals surface area contributed by atoms with Crippen molar-refractivity contribution in [3.63, 3.8) is 0 Å². The smallest absolute Gasteiger partial charge is 0.345 e. The Hall–Kier alpha value is -4.20. The van der Waals surface area contributed by atoms with Gasteiger partial charge >= 0.3 is 20.2 Å². The molecular formula is C20H4F10O8S2. The predicted octanol–water partition coefficient (Wildman–Crippen LogP) is 4.24. The lowest BCUT2D eigenvalue weighted by atomic mass is 10.1. The van der Waals surface area contributed by atoms with Gasteiger partial charge in [-0.05, 0) is 12.1 Å². The van der Waals surface area contributed by atoms with Crippen LogP contribution in [0.5, 0.6) is 11.5 Å². The average molecular weight is 626 g/mol. The Morgan fingerprint density at radius 3 is 0.900 bits per heavy atom. The minimum absolute atomic E-state index is 0.0870. The van der Waals surface area contributed by atoms with Crippen molar-refractivity contribution in [3.8, 4) is 11.5 Å². The monoisotopic (exact) mass is 626 g/mol. The maximum atomic E-state index is 14.0. The zero-order valence-corrected chi connectivity index (χ0v) is 19.8. The second-order valence-electron chi connectivity index (χ2n) is 7.04. The van der Waals surface area contributed by atoms with Crippen molar-refractivity contribution in [2.45, 2.75) is 9.79 Å². The van der Waals surface area contributed by atoms with Crippen LogP contribution in [0.3, 0.4) is 0 Å². The highest BCUT2D eigenvalue weighted by Gasteiger charge is 2.37. The second-order valence-corrected chi connectivity index (χ2v) is 10.0. The van der Waals surface area contributed by atoms with Crippen molar-refractivity contribution in [2.24, 2.45) is 0 Å². The highest BCUT2D eigenvalue weighted by molar-refractivity contribution is 7.87. The summed E-state index contributed by atoms with van der Waals surface area (Å²) in [7, 11) is -12.1. The van der Waals surface area contributed by atoms with Crippen LogP contribution in [0.4, 0.5) is 43.9 Å². The highest BCUT2D eigenvalue weighted by Crippen LogP contribution is 2.35. The van der Waals surface area contributed by atoms with Gasteiger partial charge in [0.25, 0.3) is 0 Å². The molecule has 0 bridgehead atoms. The van der Waals surface area contributed by atoms with Gasteiger partial charge in [0.15, 0.2) is 80.4 Å². The summed E-state index contributed by atoms with van der Waals surface area (Å²) in [5.74, 6) is -30.8. The van der Waals surface area contributed by atoms with Crippen LogP contribution in [0.15, 0.2) is 21.9 Å². The molecule has 0 amide bonds. The van der Waals surface area contributed by atoms with Gasteiger partial charge in [0.05, 0.1) is 11.1 Å². The summed E-state index contributed by atoms with van der Waals surface area (Å²) in [5, 5.41) is 0. The molecule has 3 aromatic rings. The molecule has 3 aromatic carbocycles. The predicted molar refractivity (Wildman–Crippen MR) is 105 cm³/mol. The summed E-state index contributed by atoms with van der Waals surface area (Å²) >= 11 is 0. The molecule has 0 aliphatic heterocycles. The van der Waals surface area contributed by atoms with E-state index in [1.807, 2.05) is 0 Å². The lowest BCUT2D eigenvalue weighted by Gasteiger charge is -2.15. The van der Waals surface area contributed by atoms with Crippen molar-refractivity contribution in [3.05, 3.63) is 81.4 Å². The third-order valence-electron chi connectivity index (χ3n) is 4.63. The molecule has 8 nitrogen and oxygen atoms in total. The molecule has 0 aliphatic rings.